The van der Waals surface area contributed by atoms with E-state index in [9.17, 15) is 0 Å². The van der Waals surface area contributed by atoms with E-state index in [0.29, 0.717) is 0 Å². The molecule has 0 unspecified atom stereocenters. The van der Waals surface area contributed by atoms with Crippen LogP contribution in [0.1, 0.15) is 0 Å². The van der Waals surface area contributed by atoms with Gasteiger partial charge < -0.3 is 13.9 Å². The number of fused-ring (bicyclic) bond motifs is 12. The van der Waals surface area contributed by atoms with Crippen LogP contribution in [0.15, 0.2) is 170 Å². The van der Waals surface area contributed by atoms with Gasteiger partial charge in [-0.1, -0.05) is 127 Å². The number of anilines is 3. The van der Waals surface area contributed by atoms with Crippen molar-refractivity contribution in [3.05, 3.63) is 170 Å². The minimum atomic E-state index is -0.0216. The molecular weight excluding hydrogens is 605 g/mol. The van der Waals surface area contributed by atoms with Gasteiger partial charge in [-0.15, -0.1) is 0 Å². The number of hydrogen-bond donors (Lipinski definition) is 0. The average molecular weight is 634 g/mol. The maximum Gasteiger partial charge on any atom is 0.333 e. The van der Waals surface area contributed by atoms with Crippen molar-refractivity contribution in [1.29, 1.82) is 0 Å². The van der Waals surface area contributed by atoms with Crippen LogP contribution in [0.4, 0.5) is 17.1 Å². The van der Waals surface area contributed by atoms with Crippen molar-refractivity contribution in [3.8, 4) is 16.8 Å². The van der Waals surface area contributed by atoms with Crippen LogP contribution in [0.2, 0.25) is 0 Å². The Labute approximate surface area is 288 Å². The molecule has 12 rings (SSSR count). The number of rotatable bonds is 2. The molecule has 0 spiro atoms. The van der Waals surface area contributed by atoms with Crippen molar-refractivity contribution >= 4 is 89.1 Å². The first kappa shape index (κ1) is 26.4. The van der Waals surface area contributed by atoms with Gasteiger partial charge in [-0.05, 0) is 58.1 Å². The highest BCUT2D eigenvalue weighted by molar-refractivity contribution is 6.90. The molecule has 0 saturated carbocycles. The van der Waals surface area contributed by atoms with Crippen LogP contribution in [0.25, 0.3) is 71.1 Å². The Morgan fingerprint density at radius 2 is 1.16 bits per heavy atom. The number of benzene rings is 8. The second-order valence-corrected chi connectivity index (χ2v) is 13.7. The monoisotopic (exact) mass is 633 g/mol. The molecule has 0 amide bonds. The van der Waals surface area contributed by atoms with Gasteiger partial charge >= 0.3 is 6.85 Å². The van der Waals surface area contributed by atoms with E-state index in [1.165, 1.54) is 99.1 Å². The van der Waals surface area contributed by atoms with Crippen molar-refractivity contribution in [2.75, 3.05) is 4.90 Å². The predicted molar refractivity (Wildman–Crippen MR) is 212 cm³/mol. The van der Waals surface area contributed by atoms with Gasteiger partial charge in [-0.2, -0.15) is 0 Å². The molecule has 2 aliphatic heterocycles. The topological polar surface area (TPSA) is 13.1 Å². The number of para-hydroxylation sites is 3. The molecule has 0 N–H and O–H groups in total. The van der Waals surface area contributed by atoms with Gasteiger partial charge in [-0.3, -0.25) is 0 Å². The molecule has 0 bridgehead atoms. The van der Waals surface area contributed by atoms with E-state index in [4.69, 9.17) is 0 Å². The number of nitrogens with zero attached hydrogens (tertiary/aromatic N) is 3. The van der Waals surface area contributed by atoms with Crippen LogP contribution < -0.4 is 15.8 Å². The van der Waals surface area contributed by atoms with E-state index in [0.717, 1.165) is 0 Å². The summed E-state index contributed by atoms with van der Waals surface area (Å²) in [6.45, 7) is -0.0216. The quantitative estimate of drug-likeness (QED) is 0.173. The van der Waals surface area contributed by atoms with Crippen molar-refractivity contribution in [2.24, 2.45) is 0 Å². The van der Waals surface area contributed by atoms with Crippen LogP contribution in [0.3, 0.4) is 0 Å². The number of aromatic nitrogens is 2. The smallest absolute Gasteiger partial charge is 0.333 e. The molecule has 2 aliphatic rings. The highest BCUT2D eigenvalue weighted by Crippen LogP contribution is 2.50. The van der Waals surface area contributed by atoms with Gasteiger partial charge in [-0.25, -0.2) is 0 Å². The molecule has 0 aliphatic carbocycles. The van der Waals surface area contributed by atoms with E-state index in [1.54, 1.807) is 0 Å². The summed E-state index contributed by atoms with van der Waals surface area (Å²) < 4.78 is 5.05. The minimum absolute atomic E-state index is 0.0216. The Balaban J connectivity index is 1.34. The Kier molecular flexibility index (Phi) is 5.05. The molecule has 0 atom stereocenters. The average Bonchev–Trinajstić information content (AvgIpc) is 3.76. The zero-order valence-corrected chi connectivity index (χ0v) is 27.1. The van der Waals surface area contributed by atoms with Gasteiger partial charge in [0.2, 0.25) is 0 Å². The third-order valence-electron chi connectivity index (χ3n) is 11.3. The van der Waals surface area contributed by atoms with Gasteiger partial charge in [0.15, 0.2) is 0 Å². The van der Waals surface area contributed by atoms with E-state index in [1.807, 2.05) is 0 Å². The predicted octanol–water partition coefficient (Wildman–Crippen LogP) is 10.5. The Morgan fingerprint density at radius 1 is 0.460 bits per heavy atom. The van der Waals surface area contributed by atoms with Crippen LogP contribution in [0, 0.1) is 0 Å². The molecule has 2 aromatic heterocycles. The zero-order chi connectivity index (χ0) is 32.5. The summed E-state index contributed by atoms with van der Waals surface area (Å²) in [5, 5.41) is 8.83. The summed E-state index contributed by atoms with van der Waals surface area (Å²) >= 11 is 0. The van der Waals surface area contributed by atoms with Crippen LogP contribution in [-0.2, 0) is 0 Å². The first-order valence-corrected chi connectivity index (χ1v) is 17.4. The van der Waals surface area contributed by atoms with E-state index in [-0.39, 0.29) is 6.85 Å². The highest BCUT2D eigenvalue weighted by Gasteiger charge is 2.44. The lowest BCUT2D eigenvalue weighted by Gasteiger charge is -2.41. The molecule has 0 fully saturated rings. The standard InChI is InChI=1S/C46H28BN3/c1-2-15-32(16-3-1)48-27-26-31-28-41-43-42(44(31)48)37-21-11-20-36-35-19-8-9-22-40(35)50(45(36)37)47(43)38-25-24-30-13-5-7-18-34(30)46(38)49(41)39-23-10-14-29-12-4-6-17-33(29)39/h1-28H. The first-order chi connectivity index (χ1) is 24.8. The second kappa shape index (κ2) is 9.55. The molecule has 50 heavy (non-hydrogen) atoms. The summed E-state index contributed by atoms with van der Waals surface area (Å²) in [5.74, 6) is 0. The molecule has 4 heteroatoms. The number of hydrogen-bond acceptors (Lipinski definition) is 1. The maximum atomic E-state index is 2.65. The Morgan fingerprint density at radius 3 is 2.04 bits per heavy atom. The van der Waals surface area contributed by atoms with E-state index < -0.39 is 0 Å². The fourth-order valence-electron chi connectivity index (χ4n) is 9.31. The van der Waals surface area contributed by atoms with Crippen LogP contribution in [0.5, 0.6) is 0 Å². The molecule has 10 aromatic rings. The SMILES string of the molecule is c1ccc(-n2ccc3cc4c5c(c32)-c2cccc3c6ccccc6n(c23)B5c2ccc3ccccc3c2N4c2cccc3ccccc23)cc1. The fourth-order valence-corrected chi connectivity index (χ4v) is 9.31. The summed E-state index contributed by atoms with van der Waals surface area (Å²) in [5.41, 5.74) is 14.0. The molecular formula is C46H28BN3. The Bertz CT molecular complexity index is 3050. The third-order valence-corrected chi connectivity index (χ3v) is 11.3. The van der Waals surface area contributed by atoms with E-state index >= 15 is 0 Å². The molecule has 0 radical (unpaired) electrons. The zero-order valence-electron chi connectivity index (χ0n) is 27.1. The summed E-state index contributed by atoms with van der Waals surface area (Å²) in [6, 6.07) is 60.6. The van der Waals surface area contributed by atoms with Gasteiger partial charge in [0.1, 0.15) is 0 Å². The van der Waals surface area contributed by atoms with Gasteiger partial charge in [0.05, 0.1) is 16.9 Å². The molecule has 4 heterocycles. The summed E-state index contributed by atoms with van der Waals surface area (Å²) in [7, 11) is 0. The fraction of sp³-hybridized carbons (Fsp3) is 0. The summed E-state index contributed by atoms with van der Waals surface area (Å²) in [4.78, 5) is 2.59. The van der Waals surface area contributed by atoms with Gasteiger partial charge in [0.25, 0.3) is 0 Å². The normalized spacial score (nSPS) is 13.1. The second-order valence-electron chi connectivity index (χ2n) is 13.7. The largest absolute Gasteiger partial charge is 0.375 e. The lowest BCUT2D eigenvalue weighted by molar-refractivity contribution is 1.13. The lowest BCUT2D eigenvalue weighted by atomic mass is 9.44. The van der Waals surface area contributed by atoms with Crippen molar-refractivity contribution in [3.63, 3.8) is 0 Å². The molecule has 8 aromatic carbocycles. The third kappa shape index (κ3) is 3.26. The minimum Gasteiger partial charge on any atom is -0.375 e. The van der Waals surface area contributed by atoms with E-state index in [2.05, 4.69) is 184 Å². The first-order valence-electron chi connectivity index (χ1n) is 17.4. The summed E-state index contributed by atoms with van der Waals surface area (Å²) in [6.07, 6.45) is 2.26. The van der Waals surface area contributed by atoms with Crippen molar-refractivity contribution in [2.45, 2.75) is 0 Å². The highest BCUT2D eigenvalue weighted by atomic mass is 15.2. The molecule has 230 valence electrons. The molecule has 0 saturated heterocycles. The van der Waals surface area contributed by atoms with Gasteiger partial charge in [0, 0.05) is 66.7 Å². The van der Waals surface area contributed by atoms with Crippen molar-refractivity contribution < 1.29 is 0 Å². The maximum absolute atomic E-state index is 2.65. The molecule has 3 nitrogen and oxygen atoms in total. The Hall–Kier alpha value is -6.52. The van der Waals surface area contributed by atoms with Crippen molar-refractivity contribution in [1.82, 2.24) is 9.05 Å². The van der Waals surface area contributed by atoms with Crippen LogP contribution >= 0.6 is 0 Å². The lowest BCUT2D eigenvalue weighted by Crippen LogP contribution is -2.56. The van der Waals surface area contributed by atoms with Crippen LogP contribution in [-0.4, -0.2) is 15.9 Å².